The lowest BCUT2D eigenvalue weighted by Gasteiger charge is -2.31. The summed E-state index contributed by atoms with van der Waals surface area (Å²) < 4.78 is 51.8. The van der Waals surface area contributed by atoms with Gasteiger partial charge in [-0.1, -0.05) is 12.2 Å². The maximum Gasteiger partial charge on any atom is 0.228 e. The second kappa shape index (κ2) is 5.14. The van der Waals surface area contributed by atoms with E-state index < -0.39 is 31.0 Å². The molecule has 1 aliphatic rings. The molecule has 0 aliphatic carbocycles. The quantitative estimate of drug-likeness (QED) is 0.617. The smallest absolute Gasteiger partial charge is 0.228 e. The highest BCUT2D eigenvalue weighted by Crippen LogP contribution is 2.12. The van der Waals surface area contributed by atoms with Crippen LogP contribution in [0.5, 0.6) is 0 Å². The van der Waals surface area contributed by atoms with Crippen LogP contribution in [0.4, 0.5) is 0 Å². The summed E-state index contributed by atoms with van der Waals surface area (Å²) in [5.74, 6) is 0. The largest absolute Gasteiger partial charge is 0.391 e. The molecule has 2 N–H and O–H groups in total. The first-order valence-corrected chi connectivity index (χ1v) is 8.76. The zero-order chi connectivity index (χ0) is 13.3. The Morgan fingerprint density at radius 2 is 2.06 bits per heavy atom. The first-order valence-electron chi connectivity index (χ1n) is 4.68. The Balaban J connectivity index is 2.82. The van der Waals surface area contributed by atoms with Crippen molar-refractivity contribution in [3.63, 3.8) is 0 Å². The molecular weight excluding hydrogens is 288 g/mol. The number of thiocarbonyl (C=S) groups is 1. The van der Waals surface area contributed by atoms with Gasteiger partial charge in [-0.25, -0.2) is 16.8 Å². The van der Waals surface area contributed by atoms with E-state index in [4.69, 9.17) is 22.7 Å². The molecule has 0 spiro atoms. The number of hydrogen-bond acceptors (Lipinski definition) is 6. The van der Waals surface area contributed by atoms with Crippen molar-refractivity contribution in [1.82, 2.24) is 4.31 Å². The fourth-order valence-corrected chi connectivity index (χ4v) is 5.01. The maximum absolute atomic E-state index is 11.8. The molecule has 1 fully saturated rings. The van der Waals surface area contributed by atoms with Crippen LogP contribution in [-0.4, -0.2) is 63.3 Å². The Kier molecular flexibility index (Phi) is 4.47. The summed E-state index contributed by atoms with van der Waals surface area (Å²) in [5, 5.41) is -0.913. The van der Waals surface area contributed by atoms with Gasteiger partial charge in [-0.2, -0.15) is 4.31 Å². The normalized spacial score (nSPS) is 23.5. The Morgan fingerprint density at radius 1 is 1.47 bits per heavy atom. The van der Waals surface area contributed by atoms with Crippen molar-refractivity contribution in [3.8, 4) is 0 Å². The summed E-state index contributed by atoms with van der Waals surface area (Å²) in [5.41, 5.74) is 5.37. The minimum atomic E-state index is -3.86. The van der Waals surface area contributed by atoms with Gasteiger partial charge in [-0.15, -0.1) is 0 Å². The Bertz CT molecular complexity index is 498. The fraction of sp³-hybridized carbons (Fsp3) is 0.857. The Morgan fingerprint density at radius 3 is 2.53 bits per heavy atom. The van der Waals surface area contributed by atoms with Gasteiger partial charge >= 0.3 is 0 Å². The second-order valence-corrected chi connectivity index (χ2v) is 8.72. The van der Waals surface area contributed by atoms with E-state index >= 15 is 0 Å². The third-order valence-corrected chi connectivity index (χ3v) is 6.39. The van der Waals surface area contributed by atoms with Gasteiger partial charge < -0.3 is 10.5 Å². The molecule has 1 heterocycles. The van der Waals surface area contributed by atoms with Gasteiger partial charge in [0.25, 0.3) is 0 Å². The number of sulfone groups is 1. The lowest BCUT2D eigenvalue weighted by Crippen LogP contribution is -2.50. The highest BCUT2D eigenvalue weighted by atomic mass is 32.3. The molecule has 1 rings (SSSR count). The van der Waals surface area contributed by atoms with E-state index in [0.717, 1.165) is 10.6 Å². The van der Waals surface area contributed by atoms with Crippen LogP contribution in [0.15, 0.2) is 0 Å². The van der Waals surface area contributed by atoms with Gasteiger partial charge in [-0.3, -0.25) is 0 Å². The average Bonchev–Trinajstić information content (AvgIpc) is 2.14. The summed E-state index contributed by atoms with van der Waals surface area (Å²) in [7, 11) is -7.46. The van der Waals surface area contributed by atoms with E-state index in [0.29, 0.717) is 0 Å². The number of sulfonamides is 1. The number of rotatable bonds is 4. The summed E-state index contributed by atoms with van der Waals surface area (Å²) in [4.78, 5) is 0.0595. The molecule has 17 heavy (non-hydrogen) atoms. The van der Waals surface area contributed by atoms with Crippen LogP contribution in [0.3, 0.4) is 0 Å². The van der Waals surface area contributed by atoms with E-state index in [9.17, 15) is 16.8 Å². The first kappa shape index (κ1) is 14.8. The van der Waals surface area contributed by atoms with Gasteiger partial charge in [-0.05, 0) is 0 Å². The molecule has 1 unspecified atom stereocenters. The highest BCUT2D eigenvalue weighted by Gasteiger charge is 2.32. The van der Waals surface area contributed by atoms with Gasteiger partial charge in [0.1, 0.15) is 11.1 Å². The van der Waals surface area contributed by atoms with Crippen LogP contribution >= 0.6 is 12.2 Å². The van der Waals surface area contributed by atoms with Crippen molar-refractivity contribution in [1.29, 1.82) is 0 Å². The molecule has 1 atom stereocenters. The van der Waals surface area contributed by atoms with Crippen molar-refractivity contribution < 1.29 is 21.6 Å². The molecule has 1 aliphatic heterocycles. The van der Waals surface area contributed by atoms with Crippen molar-refractivity contribution in [2.75, 3.05) is 31.0 Å². The van der Waals surface area contributed by atoms with E-state index in [1.165, 1.54) is 0 Å². The molecule has 0 aromatic carbocycles. The van der Waals surface area contributed by atoms with E-state index in [-0.39, 0.29) is 24.7 Å². The highest BCUT2D eigenvalue weighted by molar-refractivity contribution is 8.06. The van der Waals surface area contributed by atoms with Crippen molar-refractivity contribution in [3.05, 3.63) is 0 Å². The summed E-state index contributed by atoms with van der Waals surface area (Å²) in [6.45, 7) is 0.217. The predicted molar refractivity (Wildman–Crippen MR) is 66.7 cm³/mol. The molecule has 0 amide bonds. The SMILES string of the molecule is CS(=O)(=O)CS(=O)(=O)N1CCOC(C(N)=S)C1. The molecule has 100 valence electrons. The first-order chi connectivity index (χ1) is 7.62. The van der Waals surface area contributed by atoms with Crippen LogP contribution in [0.2, 0.25) is 0 Å². The molecule has 10 heteroatoms. The third kappa shape index (κ3) is 4.47. The topological polar surface area (TPSA) is 107 Å². The van der Waals surface area contributed by atoms with Crippen LogP contribution < -0.4 is 5.73 Å². The number of nitrogens with two attached hydrogens (primary N) is 1. The van der Waals surface area contributed by atoms with Crippen LogP contribution in [-0.2, 0) is 24.6 Å². The monoisotopic (exact) mass is 302 g/mol. The molecule has 0 saturated carbocycles. The zero-order valence-electron chi connectivity index (χ0n) is 9.20. The van der Waals surface area contributed by atoms with Crippen LogP contribution in [0.25, 0.3) is 0 Å². The van der Waals surface area contributed by atoms with Crippen molar-refractivity contribution in [2.24, 2.45) is 5.73 Å². The number of hydrogen-bond donors (Lipinski definition) is 1. The van der Waals surface area contributed by atoms with Crippen molar-refractivity contribution in [2.45, 2.75) is 6.10 Å². The second-order valence-electron chi connectivity index (χ2n) is 3.78. The molecule has 7 nitrogen and oxygen atoms in total. The van der Waals surface area contributed by atoms with Gasteiger partial charge in [0, 0.05) is 19.3 Å². The Labute approximate surface area is 106 Å². The minimum absolute atomic E-state index is 0.0345. The average molecular weight is 302 g/mol. The van der Waals surface area contributed by atoms with Crippen LogP contribution in [0.1, 0.15) is 0 Å². The number of morpholine rings is 1. The molecule has 0 aromatic rings. The molecular formula is C7H14N2O5S3. The molecule has 0 bridgehead atoms. The predicted octanol–water partition coefficient (Wildman–Crippen LogP) is -1.69. The van der Waals surface area contributed by atoms with Crippen molar-refractivity contribution >= 4 is 37.1 Å². The molecule has 0 radical (unpaired) electrons. The number of ether oxygens (including phenoxy) is 1. The minimum Gasteiger partial charge on any atom is -0.391 e. The standard InChI is InChI=1S/C7H14N2O5S3/c1-16(10,11)5-17(12,13)9-2-3-14-6(4-9)7(8)15/h6H,2-5H2,1H3,(H2,8,15). The van der Waals surface area contributed by atoms with Gasteiger partial charge in [0.2, 0.25) is 10.0 Å². The lowest BCUT2D eigenvalue weighted by atomic mass is 10.3. The maximum atomic E-state index is 11.8. The summed E-state index contributed by atoms with van der Waals surface area (Å²) in [6, 6.07) is 0. The lowest BCUT2D eigenvalue weighted by molar-refractivity contribution is 0.0388. The third-order valence-electron chi connectivity index (χ3n) is 2.10. The summed E-state index contributed by atoms with van der Waals surface area (Å²) in [6.07, 6.45) is 0.212. The van der Waals surface area contributed by atoms with Crippen LogP contribution in [0, 0.1) is 0 Å². The van der Waals surface area contributed by atoms with E-state index in [1.807, 2.05) is 0 Å². The zero-order valence-corrected chi connectivity index (χ0v) is 11.6. The van der Waals surface area contributed by atoms with Gasteiger partial charge in [0.05, 0.1) is 6.61 Å². The number of nitrogens with zero attached hydrogens (tertiary/aromatic N) is 1. The van der Waals surface area contributed by atoms with Gasteiger partial charge in [0.15, 0.2) is 14.9 Å². The van der Waals surface area contributed by atoms with E-state index in [1.54, 1.807) is 0 Å². The molecule has 1 saturated heterocycles. The fourth-order valence-electron chi connectivity index (χ4n) is 1.40. The van der Waals surface area contributed by atoms with E-state index in [2.05, 4.69) is 0 Å². The summed E-state index contributed by atoms with van der Waals surface area (Å²) >= 11 is 4.71. The Hall–Kier alpha value is -0.290. The molecule has 0 aromatic heterocycles.